The smallest absolute Gasteiger partial charge is 0.0601 e. The molecule has 0 atom stereocenters. The van der Waals surface area contributed by atoms with E-state index in [0.717, 1.165) is 26.2 Å². The highest BCUT2D eigenvalue weighted by Crippen LogP contribution is 2.23. The van der Waals surface area contributed by atoms with Crippen molar-refractivity contribution in [2.75, 3.05) is 13.1 Å². The molecule has 0 saturated carbocycles. The summed E-state index contributed by atoms with van der Waals surface area (Å²) in [6.45, 7) is 12.3. The topological polar surface area (TPSA) is 15.3 Å². The van der Waals surface area contributed by atoms with E-state index in [9.17, 15) is 0 Å². The Morgan fingerprint density at radius 1 is 1.50 bits per heavy atom. The molecule has 1 aromatic rings. The van der Waals surface area contributed by atoms with Gasteiger partial charge < -0.3 is 5.32 Å². The van der Waals surface area contributed by atoms with Crippen molar-refractivity contribution in [1.29, 1.82) is 0 Å². The third-order valence-electron chi connectivity index (χ3n) is 2.91. The maximum atomic E-state index is 5.38. The van der Waals surface area contributed by atoms with Gasteiger partial charge >= 0.3 is 0 Å². The van der Waals surface area contributed by atoms with E-state index in [1.165, 1.54) is 15.3 Å². The van der Waals surface area contributed by atoms with Crippen LogP contribution in [-0.2, 0) is 13.1 Å². The molecule has 1 rings (SSSR count). The van der Waals surface area contributed by atoms with Crippen molar-refractivity contribution in [2.45, 2.75) is 46.8 Å². The summed E-state index contributed by atoms with van der Waals surface area (Å²) in [7, 11) is 0. The van der Waals surface area contributed by atoms with E-state index in [0.29, 0.717) is 6.04 Å². The van der Waals surface area contributed by atoms with Gasteiger partial charge in [-0.2, -0.15) is 0 Å². The van der Waals surface area contributed by atoms with Gasteiger partial charge in [0.25, 0.3) is 0 Å². The summed E-state index contributed by atoms with van der Waals surface area (Å²) in [5, 5.41) is 3.46. The van der Waals surface area contributed by atoms with Gasteiger partial charge in [-0.3, -0.25) is 4.90 Å². The molecule has 100 valence electrons. The molecule has 1 aromatic heterocycles. The van der Waals surface area contributed by atoms with Gasteiger partial charge in [-0.15, -0.1) is 17.8 Å². The van der Waals surface area contributed by atoms with Gasteiger partial charge in [-0.25, -0.2) is 0 Å². The Bertz CT molecular complexity index is 401. The van der Waals surface area contributed by atoms with Crippen LogP contribution >= 0.6 is 11.3 Å². The Balaban J connectivity index is 2.63. The predicted molar refractivity (Wildman–Crippen MR) is 80.8 cm³/mol. The van der Waals surface area contributed by atoms with Crippen LogP contribution in [0, 0.1) is 19.3 Å². The van der Waals surface area contributed by atoms with Gasteiger partial charge in [0.2, 0.25) is 0 Å². The van der Waals surface area contributed by atoms with Crippen molar-refractivity contribution < 1.29 is 0 Å². The Kier molecular flexibility index (Phi) is 6.42. The van der Waals surface area contributed by atoms with Crippen molar-refractivity contribution in [2.24, 2.45) is 0 Å². The zero-order chi connectivity index (χ0) is 13.5. The van der Waals surface area contributed by atoms with Crippen molar-refractivity contribution in [3.8, 4) is 12.3 Å². The lowest BCUT2D eigenvalue weighted by Gasteiger charge is -2.16. The summed E-state index contributed by atoms with van der Waals surface area (Å²) >= 11 is 1.89. The molecule has 18 heavy (non-hydrogen) atoms. The summed E-state index contributed by atoms with van der Waals surface area (Å²) in [4.78, 5) is 5.10. The molecule has 2 nitrogen and oxygen atoms in total. The largest absolute Gasteiger partial charge is 0.310 e. The predicted octanol–water partition coefficient (Wildman–Crippen LogP) is 3.01. The maximum Gasteiger partial charge on any atom is 0.0601 e. The number of nitrogens with zero attached hydrogens (tertiary/aromatic N) is 1. The third kappa shape index (κ3) is 4.81. The molecule has 1 N–H and O–H groups in total. The van der Waals surface area contributed by atoms with Gasteiger partial charge in [-0.05, 0) is 25.1 Å². The molecule has 0 spiro atoms. The fourth-order valence-corrected chi connectivity index (χ4v) is 2.79. The number of hydrogen-bond acceptors (Lipinski definition) is 3. The Morgan fingerprint density at radius 2 is 2.22 bits per heavy atom. The van der Waals surface area contributed by atoms with Crippen LogP contribution in [0.15, 0.2) is 6.07 Å². The number of rotatable bonds is 7. The highest BCUT2D eigenvalue weighted by atomic mass is 32.1. The molecule has 0 aliphatic carbocycles. The first-order valence-electron chi connectivity index (χ1n) is 6.54. The minimum Gasteiger partial charge on any atom is -0.310 e. The standard InChI is InChI=1S/C15H24N2S/c1-6-8-17(7-2)11-14-9-15(18-13(14)5)10-16-12(3)4/h1,9,12,16H,7-8,10-11H2,2-5H3. The zero-order valence-corrected chi connectivity index (χ0v) is 12.7. The molecule has 0 fully saturated rings. The fourth-order valence-electron chi connectivity index (χ4n) is 1.79. The third-order valence-corrected chi connectivity index (χ3v) is 4.00. The second-order valence-electron chi connectivity index (χ2n) is 4.84. The van der Waals surface area contributed by atoms with Crippen molar-refractivity contribution in [1.82, 2.24) is 10.2 Å². The molecule has 0 aliphatic rings. The zero-order valence-electron chi connectivity index (χ0n) is 11.9. The normalized spacial score (nSPS) is 11.2. The van der Waals surface area contributed by atoms with Crippen molar-refractivity contribution in [3.63, 3.8) is 0 Å². The maximum absolute atomic E-state index is 5.38. The average Bonchev–Trinajstić information content (AvgIpc) is 2.67. The SMILES string of the molecule is C#CCN(CC)Cc1cc(CNC(C)C)sc1C. The second-order valence-corrected chi connectivity index (χ2v) is 6.18. The minimum absolute atomic E-state index is 0.532. The Morgan fingerprint density at radius 3 is 2.78 bits per heavy atom. The van der Waals surface area contributed by atoms with Crippen LogP contribution in [0.25, 0.3) is 0 Å². The molecule has 0 unspecified atom stereocenters. The number of hydrogen-bond donors (Lipinski definition) is 1. The van der Waals surface area contributed by atoms with E-state index < -0.39 is 0 Å². The van der Waals surface area contributed by atoms with Crippen LogP contribution < -0.4 is 5.32 Å². The summed E-state index contributed by atoms with van der Waals surface area (Å²) in [5.74, 6) is 2.72. The van der Waals surface area contributed by atoms with E-state index in [1.54, 1.807) is 0 Å². The van der Waals surface area contributed by atoms with Crippen LogP contribution in [-0.4, -0.2) is 24.0 Å². The lowest BCUT2D eigenvalue weighted by molar-refractivity contribution is 0.316. The first kappa shape index (κ1) is 15.2. The summed E-state index contributed by atoms with van der Waals surface area (Å²) < 4.78 is 0. The summed E-state index contributed by atoms with van der Waals surface area (Å²) in [6.07, 6.45) is 5.38. The number of thiophene rings is 1. The van der Waals surface area contributed by atoms with Crippen molar-refractivity contribution in [3.05, 3.63) is 21.4 Å². The van der Waals surface area contributed by atoms with E-state index >= 15 is 0 Å². The Hall–Kier alpha value is -0.820. The second kappa shape index (κ2) is 7.58. The van der Waals surface area contributed by atoms with Crippen molar-refractivity contribution >= 4 is 11.3 Å². The molecule has 0 bridgehead atoms. The van der Waals surface area contributed by atoms with Crippen LogP contribution in [0.1, 0.15) is 36.1 Å². The molecule has 0 saturated heterocycles. The van der Waals surface area contributed by atoms with Gasteiger partial charge in [0.1, 0.15) is 0 Å². The lowest BCUT2D eigenvalue weighted by atomic mass is 10.2. The molecular weight excluding hydrogens is 240 g/mol. The fraction of sp³-hybridized carbons (Fsp3) is 0.600. The quantitative estimate of drug-likeness (QED) is 0.762. The Labute approximate surface area is 115 Å². The first-order chi connectivity index (χ1) is 8.56. The molecule has 0 radical (unpaired) electrons. The van der Waals surface area contributed by atoms with E-state index in [4.69, 9.17) is 6.42 Å². The van der Waals surface area contributed by atoms with Crippen LogP contribution in [0.2, 0.25) is 0 Å². The van der Waals surface area contributed by atoms with E-state index in [1.807, 2.05) is 11.3 Å². The van der Waals surface area contributed by atoms with E-state index in [-0.39, 0.29) is 0 Å². The summed E-state index contributed by atoms with van der Waals surface area (Å²) in [6, 6.07) is 2.85. The van der Waals surface area contributed by atoms with Gasteiger partial charge in [0.05, 0.1) is 6.54 Å². The molecule has 0 aliphatic heterocycles. The van der Waals surface area contributed by atoms with E-state index in [2.05, 4.69) is 49.9 Å². The first-order valence-corrected chi connectivity index (χ1v) is 7.35. The van der Waals surface area contributed by atoms with Crippen LogP contribution in [0.4, 0.5) is 0 Å². The monoisotopic (exact) mass is 264 g/mol. The minimum atomic E-state index is 0.532. The van der Waals surface area contributed by atoms with Gasteiger partial charge in [0.15, 0.2) is 0 Å². The molecule has 3 heteroatoms. The number of aryl methyl sites for hydroxylation is 1. The number of terminal acetylenes is 1. The highest BCUT2D eigenvalue weighted by molar-refractivity contribution is 7.12. The average molecular weight is 264 g/mol. The molecule has 0 aromatic carbocycles. The van der Waals surface area contributed by atoms with Crippen LogP contribution in [0.3, 0.4) is 0 Å². The molecule has 1 heterocycles. The summed E-state index contributed by atoms with van der Waals surface area (Å²) in [5.41, 5.74) is 1.41. The lowest BCUT2D eigenvalue weighted by Crippen LogP contribution is -2.23. The molecule has 0 amide bonds. The van der Waals surface area contributed by atoms with Gasteiger partial charge in [-0.1, -0.05) is 26.7 Å². The number of nitrogens with one attached hydrogen (secondary N) is 1. The molecular formula is C15H24N2S. The highest BCUT2D eigenvalue weighted by Gasteiger charge is 2.09. The van der Waals surface area contributed by atoms with Gasteiger partial charge in [0, 0.05) is 28.9 Å². The van der Waals surface area contributed by atoms with Crippen LogP contribution in [0.5, 0.6) is 0 Å².